The van der Waals surface area contributed by atoms with Gasteiger partial charge < -0.3 is 24.1 Å². The Morgan fingerprint density at radius 2 is 1.97 bits per heavy atom. The molecular weight excluding hydrogens is 396 g/mol. The van der Waals surface area contributed by atoms with E-state index in [-0.39, 0.29) is 30.6 Å². The second-order valence-electron chi connectivity index (χ2n) is 8.32. The fraction of sp³-hybridized carbons (Fsp3) is 0.619. The molecule has 1 aliphatic carbocycles. The summed E-state index contributed by atoms with van der Waals surface area (Å²) in [7, 11) is 0. The summed E-state index contributed by atoms with van der Waals surface area (Å²) in [6.07, 6.45) is -3.72. The average molecular weight is 422 g/mol. The van der Waals surface area contributed by atoms with Crippen LogP contribution in [0.25, 0.3) is 0 Å². The van der Waals surface area contributed by atoms with E-state index in [0.717, 1.165) is 0 Å². The summed E-state index contributed by atoms with van der Waals surface area (Å²) in [5.74, 6) is -3.08. The number of rotatable bonds is 4. The van der Waals surface area contributed by atoms with Gasteiger partial charge in [-0.1, -0.05) is 13.5 Å². The van der Waals surface area contributed by atoms with Crippen LogP contribution in [0.3, 0.4) is 0 Å². The Morgan fingerprint density at radius 1 is 1.30 bits per heavy atom. The number of epoxide rings is 1. The molecule has 0 amide bonds. The highest BCUT2D eigenvalue weighted by atomic mass is 16.7. The molecule has 3 rings (SSSR count). The minimum Gasteiger partial charge on any atom is -0.461 e. The minimum absolute atomic E-state index is 0.0182. The maximum absolute atomic E-state index is 12.6. The molecule has 164 valence electrons. The Balaban J connectivity index is 2.07. The second-order valence-corrected chi connectivity index (χ2v) is 8.32. The minimum atomic E-state index is -1.25. The smallest absolute Gasteiger partial charge is 0.338 e. The van der Waals surface area contributed by atoms with Gasteiger partial charge in [-0.25, -0.2) is 9.59 Å². The molecule has 30 heavy (non-hydrogen) atoms. The zero-order valence-electron chi connectivity index (χ0n) is 17.4. The second kappa shape index (κ2) is 7.96. The van der Waals surface area contributed by atoms with Gasteiger partial charge in [-0.3, -0.25) is 9.59 Å². The van der Waals surface area contributed by atoms with Crippen molar-refractivity contribution in [1.82, 2.24) is 0 Å². The molecule has 1 N–H and O–H groups in total. The van der Waals surface area contributed by atoms with Crippen molar-refractivity contribution in [3.05, 3.63) is 23.3 Å². The maximum atomic E-state index is 12.6. The summed E-state index contributed by atoms with van der Waals surface area (Å²) in [5.41, 5.74) is -0.362. The Bertz CT molecular complexity index is 841. The Hall–Kier alpha value is -2.52. The first-order valence-electron chi connectivity index (χ1n) is 9.78. The third-order valence-corrected chi connectivity index (χ3v) is 5.70. The monoisotopic (exact) mass is 422 g/mol. The lowest BCUT2D eigenvalue weighted by Gasteiger charge is -2.28. The predicted octanol–water partition coefficient (Wildman–Crippen LogP) is 0.777. The molecule has 1 saturated heterocycles. The first-order valence-corrected chi connectivity index (χ1v) is 9.78. The first kappa shape index (κ1) is 22.2. The summed E-state index contributed by atoms with van der Waals surface area (Å²) in [5, 5.41) is 10.3. The Labute approximate surface area is 174 Å². The van der Waals surface area contributed by atoms with E-state index in [9.17, 15) is 24.3 Å². The van der Waals surface area contributed by atoms with Gasteiger partial charge in [-0.2, -0.15) is 0 Å². The SMILES string of the molecule is C=C(C)C(=O)O[C@@H]1C[C@H](C)C(=O)[C@@H](O)C[C@]2(C)O[C@@H]2[C@@H]2OC(=O)C(COC(C)=O)=C21. The van der Waals surface area contributed by atoms with Gasteiger partial charge in [0.25, 0.3) is 0 Å². The van der Waals surface area contributed by atoms with E-state index in [1.165, 1.54) is 13.8 Å². The van der Waals surface area contributed by atoms with Crippen LogP contribution in [0.2, 0.25) is 0 Å². The highest BCUT2D eigenvalue weighted by Gasteiger charge is 2.63. The van der Waals surface area contributed by atoms with Crippen LogP contribution in [-0.4, -0.2) is 65.4 Å². The molecule has 6 atom stereocenters. The van der Waals surface area contributed by atoms with E-state index in [2.05, 4.69) is 6.58 Å². The number of esters is 3. The summed E-state index contributed by atoms with van der Waals surface area (Å²) < 4.78 is 21.8. The average Bonchev–Trinajstić information content (AvgIpc) is 3.19. The van der Waals surface area contributed by atoms with Crippen LogP contribution in [-0.2, 0) is 38.1 Å². The molecule has 0 radical (unpaired) electrons. The van der Waals surface area contributed by atoms with Crippen molar-refractivity contribution in [2.45, 2.75) is 70.6 Å². The van der Waals surface area contributed by atoms with Gasteiger partial charge in [0.2, 0.25) is 0 Å². The molecule has 9 heteroatoms. The number of carbonyl (C=O) groups excluding carboxylic acids is 4. The molecule has 0 unspecified atom stereocenters. The van der Waals surface area contributed by atoms with Crippen molar-refractivity contribution in [1.29, 1.82) is 0 Å². The quantitative estimate of drug-likeness (QED) is 0.302. The van der Waals surface area contributed by atoms with Gasteiger partial charge in [-0.05, 0) is 20.3 Å². The zero-order valence-corrected chi connectivity index (χ0v) is 17.4. The molecular formula is C21H26O9. The first-order chi connectivity index (χ1) is 13.9. The predicted molar refractivity (Wildman–Crippen MR) is 101 cm³/mol. The van der Waals surface area contributed by atoms with E-state index in [4.69, 9.17) is 18.9 Å². The van der Waals surface area contributed by atoms with Crippen molar-refractivity contribution in [2.75, 3.05) is 6.61 Å². The molecule has 0 spiro atoms. The van der Waals surface area contributed by atoms with Gasteiger partial charge in [0.05, 0.1) is 11.2 Å². The van der Waals surface area contributed by atoms with Crippen LogP contribution >= 0.6 is 0 Å². The van der Waals surface area contributed by atoms with Crippen molar-refractivity contribution >= 4 is 23.7 Å². The van der Waals surface area contributed by atoms with E-state index < -0.39 is 59.6 Å². The standard InChI is InChI=1S/C21H26O9/c1-9(2)19(25)28-14-6-10(3)16(24)13(23)7-21(5)18(30-21)17-15(14)12(20(26)29-17)8-27-11(4)22/h10,13-14,17-18,23H,1,6-8H2,2-5H3/t10-,13-,14+,17+,18+,21-/m0/s1. The topological polar surface area (TPSA) is 129 Å². The number of ketones is 1. The number of hydrogen-bond acceptors (Lipinski definition) is 9. The molecule has 2 heterocycles. The number of ether oxygens (including phenoxy) is 4. The van der Waals surface area contributed by atoms with Crippen molar-refractivity contribution in [2.24, 2.45) is 5.92 Å². The zero-order chi connectivity index (χ0) is 22.4. The highest BCUT2D eigenvalue weighted by molar-refractivity contribution is 5.94. The third-order valence-electron chi connectivity index (χ3n) is 5.70. The number of Topliss-reactive ketones (excluding diaryl/α,β-unsaturated/α-hetero) is 1. The van der Waals surface area contributed by atoms with Crippen LogP contribution in [0.4, 0.5) is 0 Å². The molecule has 0 bridgehead atoms. The number of aliphatic hydroxyl groups is 1. The van der Waals surface area contributed by atoms with Gasteiger partial charge in [0, 0.05) is 30.4 Å². The summed E-state index contributed by atoms with van der Waals surface area (Å²) in [4.78, 5) is 48.8. The largest absolute Gasteiger partial charge is 0.461 e. The fourth-order valence-corrected chi connectivity index (χ4v) is 3.98. The fourth-order valence-electron chi connectivity index (χ4n) is 3.98. The maximum Gasteiger partial charge on any atom is 0.338 e. The van der Waals surface area contributed by atoms with Gasteiger partial charge in [0.15, 0.2) is 11.9 Å². The number of carbonyl (C=O) groups is 4. The van der Waals surface area contributed by atoms with Crippen molar-refractivity contribution in [3.8, 4) is 0 Å². The van der Waals surface area contributed by atoms with E-state index in [1.54, 1.807) is 13.8 Å². The lowest BCUT2D eigenvalue weighted by molar-refractivity contribution is -0.146. The lowest BCUT2D eigenvalue weighted by atomic mass is 9.82. The van der Waals surface area contributed by atoms with E-state index in [0.29, 0.717) is 5.57 Å². The molecule has 1 saturated carbocycles. The highest BCUT2D eigenvalue weighted by Crippen LogP contribution is 2.49. The van der Waals surface area contributed by atoms with Crippen molar-refractivity contribution < 1.29 is 43.2 Å². The number of aliphatic hydroxyl groups excluding tert-OH is 1. The number of fused-ring (bicyclic) bond motifs is 3. The molecule has 3 aliphatic rings. The van der Waals surface area contributed by atoms with Crippen LogP contribution < -0.4 is 0 Å². The van der Waals surface area contributed by atoms with Gasteiger partial charge in [-0.15, -0.1) is 0 Å². The van der Waals surface area contributed by atoms with E-state index in [1.807, 2.05) is 0 Å². The van der Waals surface area contributed by atoms with Crippen LogP contribution in [0, 0.1) is 5.92 Å². The summed E-state index contributed by atoms with van der Waals surface area (Å²) >= 11 is 0. The van der Waals surface area contributed by atoms with Crippen LogP contribution in [0.15, 0.2) is 23.3 Å². The normalized spacial score (nSPS) is 35.7. The lowest BCUT2D eigenvalue weighted by Crippen LogP contribution is -2.40. The van der Waals surface area contributed by atoms with Gasteiger partial charge >= 0.3 is 17.9 Å². The molecule has 2 aliphatic heterocycles. The summed E-state index contributed by atoms with van der Waals surface area (Å²) in [6, 6.07) is 0. The molecule has 2 fully saturated rings. The van der Waals surface area contributed by atoms with Crippen molar-refractivity contribution in [3.63, 3.8) is 0 Å². The van der Waals surface area contributed by atoms with Gasteiger partial charge in [0.1, 0.15) is 24.9 Å². The van der Waals surface area contributed by atoms with Crippen LogP contribution in [0.1, 0.15) is 40.5 Å². The third kappa shape index (κ3) is 4.17. The number of hydrogen-bond donors (Lipinski definition) is 1. The Morgan fingerprint density at radius 3 is 2.57 bits per heavy atom. The molecule has 0 aromatic rings. The summed E-state index contributed by atoms with van der Waals surface area (Å²) in [6.45, 7) is 9.22. The molecule has 0 aromatic carbocycles. The molecule has 0 aromatic heterocycles. The molecule has 9 nitrogen and oxygen atoms in total. The van der Waals surface area contributed by atoms with Crippen LogP contribution in [0.5, 0.6) is 0 Å². The Kier molecular flexibility index (Phi) is 5.88. The van der Waals surface area contributed by atoms with E-state index >= 15 is 0 Å².